The maximum atomic E-state index is 13.8. The second kappa shape index (κ2) is 4.39. The highest BCUT2D eigenvalue weighted by molar-refractivity contribution is 5.83. The molecule has 0 fully saturated rings. The highest BCUT2D eigenvalue weighted by Crippen LogP contribution is 2.24. The highest BCUT2D eigenvalue weighted by atomic mass is 19.1. The Balaban J connectivity index is 2.26. The molecule has 0 unspecified atom stereocenters. The van der Waals surface area contributed by atoms with E-state index >= 15 is 0 Å². The van der Waals surface area contributed by atoms with Crippen LogP contribution in [0.4, 0.5) is 4.39 Å². The zero-order chi connectivity index (χ0) is 13.4. The summed E-state index contributed by atoms with van der Waals surface area (Å²) in [7, 11) is 0. The molecule has 0 aliphatic rings. The van der Waals surface area contributed by atoms with Crippen LogP contribution in [0.2, 0.25) is 0 Å². The van der Waals surface area contributed by atoms with Gasteiger partial charge in [-0.1, -0.05) is 6.07 Å². The lowest BCUT2D eigenvalue weighted by Gasteiger charge is -2.07. The number of nitrogens with zero attached hydrogens (tertiary/aromatic N) is 3. The molecule has 1 aromatic carbocycles. The van der Waals surface area contributed by atoms with Gasteiger partial charge in [0.15, 0.2) is 0 Å². The first-order valence-electron chi connectivity index (χ1n) is 6.00. The van der Waals surface area contributed by atoms with Crippen molar-refractivity contribution in [2.24, 2.45) is 0 Å². The van der Waals surface area contributed by atoms with Crippen LogP contribution in [0.3, 0.4) is 0 Å². The van der Waals surface area contributed by atoms with Crippen LogP contribution in [0.15, 0.2) is 36.7 Å². The summed E-state index contributed by atoms with van der Waals surface area (Å²) < 4.78 is 13.8. The normalized spacial score (nSPS) is 10.9. The maximum Gasteiger partial charge on any atom is 0.132 e. The Hall–Kier alpha value is -2.36. The summed E-state index contributed by atoms with van der Waals surface area (Å²) in [6.45, 7) is 3.76. The van der Waals surface area contributed by atoms with Gasteiger partial charge < -0.3 is 0 Å². The largest absolute Gasteiger partial charge is 0.255 e. The topological polar surface area (TPSA) is 38.7 Å². The minimum Gasteiger partial charge on any atom is -0.255 e. The van der Waals surface area contributed by atoms with Crippen molar-refractivity contribution in [2.75, 3.05) is 0 Å². The molecule has 0 saturated carbocycles. The lowest BCUT2D eigenvalue weighted by Crippen LogP contribution is -1.95. The van der Waals surface area contributed by atoms with E-state index in [1.165, 1.54) is 6.07 Å². The minimum absolute atomic E-state index is 0.268. The molecular weight excluding hydrogens is 241 g/mol. The molecule has 2 heterocycles. The third kappa shape index (κ3) is 2.05. The lowest BCUT2D eigenvalue weighted by atomic mass is 10.1. The second-order valence-corrected chi connectivity index (χ2v) is 4.48. The van der Waals surface area contributed by atoms with Gasteiger partial charge in [-0.3, -0.25) is 4.98 Å². The standard InChI is InChI=1S/C15H12FN3/c1-9-7-17-10(2)19-15(9)11-6-12-13(16)4-3-5-14(12)18-8-11/h3-8H,1-2H3. The zero-order valence-corrected chi connectivity index (χ0v) is 10.7. The third-order valence-electron chi connectivity index (χ3n) is 3.04. The van der Waals surface area contributed by atoms with Gasteiger partial charge in [0.05, 0.1) is 11.2 Å². The van der Waals surface area contributed by atoms with E-state index in [0.717, 1.165) is 16.8 Å². The number of halogens is 1. The molecule has 4 heteroatoms. The molecule has 0 aliphatic carbocycles. The predicted octanol–water partition coefficient (Wildman–Crippen LogP) is 3.45. The highest BCUT2D eigenvalue weighted by Gasteiger charge is 2.08. The van der Waals surface area contributed by atoms with Crippen molar-refractivity contribution in [3.63, 3.8) is 0 Å². The number of fused-ring (bicyclic) bond motifs is 1. The van der Waals surface area contributed by atoms with Gasteiger partial charge in [-0.25, -0.2) is 14.4 Å². The number of pyridine rings is 1. The summed E-state index contributed by atoms with van der Waals surface area (Å²) in [5.74, 6) is 0.421. The van der Waals surface area contributed by atoms with E-state index in [-0.39, 0.29) is 5.82 Å². The van der Waals surface area contributed by atoms with Crippen LogP contribution in [0, 0.1) is 19.7 Å². The average Bonchev–Trinajstić information content (AvgIpc) is 2.42. The van der Waals surface area contributed by atoms with E-state index in [9.17, 15) is 4.39 Å². The van der Waals surface area contributed by atoms with Crippen LogP contribution in [0.5, 0.6) is 0 Å². The summed E-state index contributed by atoms with van der Waals surface area (Å²) in [5, 5.41) is 0.510. The van der Waals surface area contributed by atoms with Crippen LogP contribution in [-0.4, -0.2) is 15.0 Å². The van der Waals surface area contributed by atoms with Gasteiger partial charge in [-0.05, 0) is 37.6 Å². The first kappa shape index (κ1) is 11.7. The molecule has 19 heavy (non-hydrogen) atoms. The molecule has 0 saturated heterocycles. The van der Waals surface area contributed by atoms with Crippen LogP contribution in [0.1, 0.15) is 11.4 Å². The number of hydrogen-bond donors (Lipinski definition) is 0. The molecule has 0 bridgehead atoms. The van der Waals surface area contributed by atoms with Crippen LogP contribution < -0.4 is 0 Å². The Morgan fingerprint density at radius 3 is 2.74 bits per heavy atom. The van der Waals surface area contributed by atoms with Crippen molar-refractivity contribution in [3.8, 4) is 11.3 Å². The average molecular weight is 253 g/mol. The molecule has 94 valence electrons. The van der Waals surface area contributed by atoms with Crippen LogP contribution in [-0.2, 0) is 0 Å². The molecule has 0 atom stereocenters. The van der Waals surface area contributed by atoms with Gasteiger partial charge in [-0.15, -0.1) is 0 Å². The third-order valence-corrected chi connectivity index (χ3v) is 3.04. The van der Waals surface area contributed by atoms with E-state index in [0.29, 0.717) is 16.7 Å². The van der Waals surface area contributed by atoms with E-state index in [1.54, 1.807) is 30.6 Å². The smallest absolute Gasteiger partial charge is 0.132 e. The number of benzene rings is 1. The zero-order valence-electron chi connectivity index (χ0n) is 10.7. The Bertz CT molecular complexity index is 768. The second-order valence-electron chi connectivity index (χ2n) is 4.48. The lowest BCUT2D eigenvalue weighted by molar-refractivity contribution is 0.639. The van der Waals surface area contributed by atoms with E-state index in [2.05, 4.69) is 15.0 Å². The first-order valence-corrected chi connectivity index (χ1v) is 6.00. The number of aryl methyl sites for hydroxylation is 2. The molecule has 3 rings (SSSR count). The Labute approximate surface area is 110 Å². The molecule has 0 N–H and O–H groups in total. The summed E-state index contributed by atoms with van der Waals surface area (Å²) >= 11 is 0. The summed E-state index contributed by atoms with van der Waals surface area (Å²) in [6, 6.07) is 6.67. The van der Waals surface area contributed by atoms with Crippen molar-refractivity contribution >= 4 is 10.9 Å². The van der Waals surface area contributed by atoms with Gasteiger partial charge in [0.25, 0.3) is 0 Å². The summed E-state index contributed by atoms with van der Waals surface area (Å²) in [4.78, 5) is 12.8. The fourth-order valence-corrected chi connectivity index (χ4v) is 2.06. The van der Waals surface area contributed by atoms with Crippen molar-refractivity contribution in [1.29, 1.82) is 0 Å². The molecule has 2 aromatic heterocycles. The molecule has 0 spiro atoms. The number of rotatable bonds is 1. The van der Waals surface area contributed by atoms with Gasteiger partial charge in [0.1, 0.15) is 11.6 Å². The summed E-state index contributed by atoms with van der Waals surface area (Å²) in [6.07, 6.45) is 3.49. The van der Waals surface area contributed by atoms with Crippen molar-refractivity contribution in [2.45, 2.75) is 13.8 Å². The molecule has 3 aromatic rings. The van der Waals surface area contributed by atoms with Gasteiger partial charge >= 0.3 is 0 Å². The van der Waals surface area contributed by atoms with Crippen molar-refractivity contribution < 1.29 is 4.39 Å². The Morgan fingerprint density at radius 1 is 1.05 bits per heavy atom. The van der Waals surface area contributed by atoms with Crippen LogP contribution >= 0.6 is 0 Å². The van der Waals surface area contributed by atoms with E-state index in [1.807, 2.05) is 13.8 Å². The Kier molecular flexibility index (Phi) is 2.71. The van der Waals surface area contributed by atoms with Crippen LogP contribution in [0.25, 0.3) is 22.2 Å². The monoisotopic (exact) mass is 253 g/mol. The fourth-order valence-electron chi connectivity index (χ4n) is 2.06. The molecular formula is C15H12FN3. The van der Waals surface area contributed by atoms with Gasteiger partial charge in [-0.2, -0.15) is 0 Å². The summed E-state index contributed by atoms with van der Waals surface area (Å²) in [5.41, 5.74) is 3.20. The molecule has 0 amide bonds. The van der Waals surface area contributed by atoms with Gasteiger partial charge in [0.2, 0.25) is 0 Å². The van der Waals surface area contributed by atoms with E-state index in [4.69, 9.17) is 0 Å². The van der Waals surface area contributed by atoms with Crippen molar-refractivity contribution in [1.82, 2.24) is 15.0 Å². The molecule has 3 nitrogen and oxygen atoms in total. The SMILES string of the molecule is Cc1ncc(C)c(-c2cnc3cccc(F)c3c2)n1. The minimum atomic E-state index is -0.268. The Morgan fingerprint density at radius 2 is 1.89 bits per heavy atom. The number of aromatic nitrogens is 3. The van der Waals surface area contributed by atoms with Crippen molar-refractivity contribution in [3.05, 3.63) is 53.9 Å². The molecule has 0 radical (unpaired) electrons. The molecule has 0 aliphatic heterocycles. The maximum absolute atomic E-state index is 13.8. The predicted molar refractivity (Wildman–Crippen MR) is 72.2 cm³/mol. The first-order chi connectivity index (χ1) is 9.15. The van der Waals surface area contributed by atoms with Gasteiger partial charge in [0, 0.05) is 23.3 Å². The fraction of sp³-hybridized carbons (Fsp3) is 0.133. The number of hydrogen-bond acceptors (Lipinski definition) is 3. The quantitative estimate of drug-likeness (QED) is 0.666. The van der Waals surface area contributed by atoms with E-state index < -0.39 is 0 Å².